The van der Waals surface area contributed by atoms with Gasteiger partial charge in [-0.1, -0.05) is 0 Å². The molecule has 1 fully saturated rings. The Balaban J connectivity index is 2.06. The van der Waals surface area contributed by atoms with Gasteiger partial charge in [-0.2, -0.15) is 0 Å². The quantitative estimate of drug-likeness (QED) is 0.484. The second kappa shape index (κ2) is 3.02. The smallest absolute Gasteiger partial charge is 0.0832 e. The lowest BCUT2D eigenvalue weighted by molar-refractivity contribution is 0.119. The first-order valence-corrected chi connectivity index (χ1v) is 2.98. The van der Waals surface area contributed by atoms with Crippen molar-refractivity contribution in [2.75, 3.05) is 13.2 Å². The van der Waals surface area contributed by atoms with E-state index in [1.807, 2.05) is 0 Å². The molecule has 0 aromatic rings. The predicted molar refractivity (Wildman–Crippen MR) is 31.2 cm³/mol. The summed E-state index contributed by atoms with van der Waals surface area (Å²) < 4.78 is 0. The molecule has 0 spiro atoms. The molecule has 3 heteroatoms. The molecule has 1 atom stereocenters. The summed E-state index contributed by atoms with van der Waals surface area (Å²) in [5, 5.41) is 3.25. The molecule has 1 aliphatic heterocycles. The van der Waals surface area contributed by atoms with Crippen LogP contribution in [0.5, 0.6) is 0 Å². The molecule has 0 unspecified atom stereocenters. The summed E-state index contributed by atoms with van der Waals surface area (Å²) in [7, 11) is 0. The van der Waals surface area contributed by atoms with Crippen LogP contribution >= 0.6 is 0 Å². The molecule has 0 radical (unpaired) electrons. The minimum atomic E-state index is 0.514. The Kier molecular flexibility index (Phi) is 2.27. The first kappa shape index (κ1) is 6.01. The van der Waals surface area contributed by atoms with Crippen molar-refractivity contribution in [3.05, 3.63) is 0 Å². The molecule has 3 N–H and O–H groups in total. The molecule has 0 bridgehead atoms. The van der Waals surface area contributed by atoms with Gasteiger partial charge in [-0.3, -0.25) is 0 Å². The molecule has 0 aromatic heterocycles. The van der Waals surface area contributed by atoms with Crippen LogP contribution in [0.15, 0.2) is 0 Å². The SMILES string of the molecule is NOC[C@H]1CCCN1. The summed E-state index contributed by atoms with van der Waals surface area (Å²) in [6.45, 7) is 1.77. The Bertz CT molecular complexity index is 61.4. The molecule has 8 heavy (non-hydrogen) atoms. The zero-order valence-corrected chi connectivity index (χ0v) is 4.89. The van der Waals surface area contributed by atoms with Crippen LogP contribution in [0.3, 0.4) is 0 Å². The third-order valence-electron chi connectivity index (χ3n) is 1.46. The monoisotopic (exact) mass is 116 g/mol. The van der Waals surface area contributed by atoms with E-state index in [0.717, 1.165) is 6.54 Å². The molecule has 0 aromatic carbocycles. The van der Waals surface area contributed by atoms with E-state index in [-0.39, 0.29) is 0 Å². The van der Waals surface area contributed by atoms with Crippen molar-refractivity contribution in [1.82, 2.24) is 5.32 Å². The Hall–Kier alpha value is -0.120. The normalized spacial score (nSPS) is 28.9. The zero-order valence-electron chi connectivity index (χ0n) is 4.89. The van der Waals surface area contributed by atoms with E-state index < -0.39 is 0 Å². The van der Waals surface area contributed by atoms with Crippen molar-refractivity contribution in [2.45, 2.75) is 18.9 Å². The topological polar surface area (TPSA) is 47.3 Å². The average molecular weight is 116 g/mol. The van der Waals surface area contributed by atoms with Crippen molar-refractivity contribution in [3.63, 3.8) is 0 Å². The highest BCUT2D eigenvalue weighted by molar-refractivity contribution is 4.72. The van der Waals surface area contributed by atoms with Crippen molar-refractivity contribution < 1.29 is 4.84 Å². The van der Waals surface area contributed by atoms with E-state index in [1.165, 1.54) is 12.8 Å². The average Bonchev–Trinajstić information content (AvgIpc) is 2.19. The Labute approximate surface area is 49.2 Å². The largest absolute Gasteiger partial charge is 0.312 e. The van der Waals surface area contributed by atoms with Crippen LogP contribution in [0.25, 0.3) is 0 Å². The zero-order chi connectivity index (χ0) is 5.82. The fourth-order valence-corrected chi connectivity index (χ4v) is 1.02. The second-order valence-corrected chi connectivity index (χ2v) is 2.13. The molecule has 1 aliphatic rings. The maximum absolute atomic E-state index is 4.87. The van der Waals surface area contributed by atoms with Gasteiger partial charge in [0, 0.05) is 6.04 Å². The molecule has 1 rings (SSSR count). The fraction of sp³-hybridized carbons (Fsp3) is 1.00. The summed E-state index contributed by atoms with van der Waals surface area (Å²) in [6.07, 6.45) is 2.46. The van der Waals surface area contributed by atoms with Crippen molar-refractivity contribution in [1.29, 1.82) is 0 Å². The molecule has 1 saturated heterocycles. The van der Waals surface area contributed by atoms with Crippen LogP contribution < -0.4 is 11.2 Å². The standard InChI is InChI=1S/C5H12N2O/c6-8-4-5-2-1-3-7-5/h5,7H,1-4,6H2/t5-/m1/s1. The van der Waals surface area contributed by atoms with Crippen LogP contribution in [-0.4, -0.2) is 19.2 Å². The van der Waals surface area contributed by atoms with E-state index in [9.17, 15) is 0 Å². The van der Waals surface area contributed by atoms with Gasteiger partial charge in [0.15, 0.2) is 0 Å². The molecule has 1 heterocycles. The van der Waals surface area contributed by atoms with Gasteiger partial charge in [0.05, 0.1) is 6.61 Å². The van der Waals surface area contributed by atoms with Gasteiger partial charge < -0.3 is 10.2 Å². The predicted octanol–water partition coefficient (Wildman–Crippen LogP) is -0.371. The van der Waals surface area contributed by atoms with Crippen molar-refractivity contribution in [3.8, 4) is 0 Å². The van der Waals surface area contributed by atoms with Gasteiger partial charge in [0.25, 0.3) is 0 Å². The first-order valence-electron chi connectivity index (χ1n) is 2.98. The molecular formula is C5H12N2O. The van der Waals surface area contributed by atoms with E-state index in [4.69, 9.17) is 5.90 Å². The molecular weight excluding hydrogens is 104 g/mol. The molecule has 48 valence electrons. The van der Waals surface area contributed by atoms with Crippen LogP contribution in [0.2, 0.25) is 0 Å². The molecule has 0 amide bonds. The number of hydrogen-bond acceptors (Lipinski definition) is 3. The fourth-order valence-electron chi connectivity index (χ4n) is 1.02. The van der Waals surface area contributed by atoms with Crippen LogP contribution in [0.1, 0.15) is 12.8 Å². The lowest BCUT2D eigenvalue weighted by Crippen LogP contribution is -2.27. The van der Waals surface area contributed by atoms with E-state index in [2.05, 4.69) is 10.2 Å². The summed E-state index contributed by atoms with van der Waals surface area (Å²) in [4.78, 5) is 4.46. The van der Waals surface area contributed by atoms with Gasteiger partial charge in [-0.25, -0.2) is 5.90 Å². The van der Waals surface area contributed by atoms with Crippen LogP contribution in [-0.2, 0) is 4.84 Å². The summed E-state index contributed by atoms with van der Waals surface area (Å²) >= 11 is 0. The van der Waals surface area contributed by atoms with Crippen LogP contribution in [0.4, 0.5) is 0 Å². The Morgan fingerprint density at radius 2 is 2.62 bits per heavy atom. The summed E-state index contributed by atoms with van der Waals surface area (Å²) in [5.41, 5.74) is 0. The maximum atomic E-state index is 4.87. The second-order valence-electron chi connectivity index (χ2n) is 2.13. The Morgan fingerprint density at radius 3 is 3.12 bits per heavy atom. The minimum Gasteiger partial charge on any atom is -0.312 e. The van der Waals surface area contributed by atoms with E-state index in [1.54, 1.807) is 0 Å². The van der Waals surface area contributed by atoms with Gasteiger partial charge >= 0.3 is 0 Å². The van der Waals surface area contributed by atoms with Crippen LogP contribution in [0, 0.1) is 0 Å². The first-order chi connectivity index (χ1) is 3.93. The minimum absolute atomic E-state index is 0.514. The molecule has 3 nitrogen and oxygen atoms in total. The highest BCUT2D eigenvalue weighted by atomic mass is 16.6. The lowest BCUT2D eigenvalue weighted by Gasteiger charge is -2.05. The maximum Gasteiger partial charge on any atom is 0.0832 e. The summed E-state index contributed by atoms with van der Waals surface area (Å²) in [5.74, 6) is 4.87. The van der Waals surface area contributed by atoms with E-state index >= 15 is 0 Å². The van der Waals surface area contributed by atoms with Crippen molar-refractivity contribution in [2.24, 2.45) is 5.90 Å². The number of nitrogens with two attached hydrogens (primary N) is 1. The molecule has 0 saturated carbocycles. The third-order valence-corrected chi connectivity index (χ3v) is 1.46. The summed E-state index contributed by atoms with van der Waals surface area (Å²) in [6, 6.07) is 0.514. The Morgan fingerprint density at radius 1 is 1.75 bits per heavy atom. The van der Waals surface area contributed by atoms with Gasteiger partial charge in [0.1, 0.15) is 0 Å². The third kappa shape index (κ3) is 1.43. The van der Waals surface area contributed by atoms with Gasteiger partial charge in [-0.15, -0.1) is 0 Å². The van der Waals surface area contributed by atoms with E-state index in [0.29, 0.717) is 12.6 Å². The number of rotatable bonds is 2. The highest BCUT2D eigenvalue weighted by Crippen LogP contribution is 2.03. The van der Waals surface area contributed by atoms with Gasteiger partial charge in [0.2, 0.25) is 0 Å². The lowest BCUT2D eigenvalue weighted by atomic mass is 10.2. The highest BCUT2D eigenvalue weighted by Gasteiger charge is 2.12. The number of nitrogens with one attached hydrogen (secondary N) is 1. The van der Waals surface area contributed by atoms with Crippen molar-refractivity contribution >= 4 is 0 Å². The number of hydrogen-bond donors (Lipinski definition) is 2. The molecule has 0 aliphatic carbocycles. The van der Waals surface area contributed by atoms with Gasteiger partial charge in [-0.05, 0) is 19.4 Å².